The number of urea groups is 1. The highest BCUT2D eigenvalue weighted by atomic mass is 16.6. The molecule has 1 aromatic heterocycles. The number of nitrogens with one attached hydrogen (secondary N) is 1. The maximum absolute atomic E-state index is 12.5. The molecule has 0 spiro atoms. The molecule has 28 heavy (non-hydrogen) atoms. The van der Waals surface area contributed by atoms with Crippen LogP contribution in [-0.4, -0.2) is 49.3 Å². The van der Waals surface area contributed by atoms with E-state index in [4.69, 9.17) is 9.47 Å². The Morgan fingerprint density at radius 2 is 1.89 bits per heavy atom. The van der Waals surface area contributed by atoms with E-state index in [-0.39, 0.29) is 6.03 Å². The fourth-order valence-corrected chi connectivity index (χ4v) is 3.53. The smallest absolute Gasteiger partial charge is 0.317 e. The molecule has 2 aromatic rings. The molecule has 4 rings (SSSR count). The second kappa shape index (κ2) is 8.37. The van der Waals surface area contributed by atoms with Crippen LogP contribution >= 0.6 is 0 Å². The fraction of sp³-hybridized carbons (Fsp3) is 0.429. The minimum Gasteiger partial charge on any atom is -0.486 e. The van der Waals surface area contributed by atoms with Crippen LogP contribution in [-0.2, 0) is 13.1 Å². The topological polar surface area (TPSA) is 66.9 Å². The van der Waals surface area contributed by atoms with E-state index in [0.717, 1.165) is 41.5 Å². The largest absolute Gasteiger partial charge is 0.486 e. The lowest BCUT2D eigenvalue weighted by Crippen LogP contribution is -2.36. The van der Waals surface area contributed by atoms with Crippen LogP contribution in [0.5, 0.6) is 11.5 Å². The Morgan fingerprint density at radius 3 is 2.71 bits per heavy atom. The summed E-state index contributed by atoms with van der Waals surface area (Å²) < 4.78 is 11.1. The number of anilines is 1. The van der Waals surface area contributed by atoms with Crippen LogP contribution in [0.25, 0.3) is 0 Å². The summed E-state index contributed by atoms with van der Waals surface area (Å²) in [6.07, 6.45) is 4.24. The van der Waals surface area contributed by atoms with Gasteiger partial charge in [-0.05, 0) is 48.2 Å². The van der Waals surface area contributed by atoms with Crippen molar-refractivity contribution in [2.75, 3.05) is 38.3 Å². The molecule has 148 valence electrons. The number of carbonyl (C=O) groups is 1. The predicted molar refractivity (Wildman–Crippen MR) is 107 cm³/mol. The first-order chi connectivity index (χ1) is 13.7. The van der Waals surface area contributed by atoms with Gasteiger partial charge in [0, 0.05) is 39.4 Å². The fourth-order valence-electron chi connectivity index (χ4n) is 3.53. The van der Waals surface area contributed by atoms with Crippen molar-refractivity contribution in [3.63, 3.8) is 0 Å². The van der Waals surface area contributed by atoms with Gasteiger partial charge in [0.15, 0.2) is 11.5 Å². The number of benzene rings is 1. The standard InChI is InChI=1S/C21H26N4O3/c1-24(15-17-4-5-18-19(12-17)28-11-10-27-18)21(26)23-14-16-6-7-22-20(13-16)25-8-2-3-9-25/h4-7,12-13H,2-3,8-11,14-15H2,1H3,(H,23,26). The molecule has 1 N–H and O–H groups in total. The Hall–Kier alpha value is -2.96. The van der Waals surface area contributed by atoms with Gasteiger partial charge >= 0.3 is 6.03 Å². The molecule has 2 amide bonds. The Bertz CT molecular complexity index is 836. The third kappa shape index (κ3) is 4.30. The van der Waals surface area contributed by atoms with Crippen LogP contribution < -0.4 is 19.7 Å². The molecule has 0 saturated carbocycles. The van der Waals surface area contributed by atoms with Crippen molar-refractivity contribution < 1.29 is 14.3 Å². The first kappa shape index (κ1) is 18.4. The molecule has 1 fully saturated rings. The van der Waals surface area contributed by atoms with E-state index in [0.29, 0.717) is 26.3 Å². The van der Waals surface area contributed by atoms with Gasteiger partial charge in [-0.2, -0.15) is 0 Å². The number of pyridine rings is 1. The van der Waals surface area contributed by atoms with E-state index in [1.165, 1.54) is 12.8 Å². The van der Waals surface area contributed by atoms with E-state index in [9.17, 15) is 4.79 Å². The van der Waals surface area contributed by atoms with E-state index in [1.54, 1.807) is 11.9 Å². The molecule has 0 unspecified atom stereocenters. The molecule has 1 saturated heterocycles. The number of hydrogen-bond acceptors (Lipinski definition) is 5. The van der Waals surface area contributed by atoms with Crippen LogP contribution in [0, 0.1) is 0 Å². The highest BCUT2D eigenvalue weighted by Crippen LogP contribution is 2.31. The first-order valence-electron chi connectivity index (χ1n) is 9.76. The Morgan fingerprint density at radius 1 is 1.11 bits per heavy atom. The lowest BCUT2D eigenvalue weighted by atomic mass is 10.2. The minimum atomic E-state index is -0.116. The molecule has 0 radical (unpaired) electrons. The minimum absolute atomic E-state index is 0.116. The van der Waals surface area contributed by atoms with E-state index in [2.05, 4.69) is 21.3 Å². The Kier molecular flexibility index (Phi) is 5.50. The maximum atomic E-state index is 12.5. The predicted octanol–water partition coefficient (Wildman–Crippen LogP) is 2.79. The lowest BCUT2D eigenvalue weighted by molar-refractivity contribution is 0.171. The van der Waals surface area contributed by atoms with Gasteiger partial charge in [-0.3, -0.25) is 0 Å². The zero-order chi connectivity index (χ0) is 19.3. The third-order valence-electron chi connectivity index (χ3n) is 5.06. The zero-order valence-corrected chi connectivity index (χ0v) is 16.2. The number of amides is 2. The van der Waals surface area contributed by atoms with E-state index >= 15 is 0 Å². The van der Waals surface area contributed by atoms with Gasteiger partial charge in [-0.25, -0.2) is 9.78 Å². The number of aromatic nitrogens is 1. The monoisotopic (exact) mass is 382 g/mol. The van der Waals surface area contributed by atoms with E-state index < -0.39 is 0 Å². The summed E-state index contributed by atoms with van der Waals surface area (Å²) in [7, 11) is 1.79. The van der Waals surface area contributed by atoms with Crippen molar-refractivity contribution in [1.29, 1.82) is 0 Å². The molecule has 3 heterocycles. The van der Waals surface area contributed by atoms with Crippen molar-refractivity contribution in [2.24, 2.45) is 0 Å². The number of hydrogen-bond donors (Lipinski definition) is 1. The normalized spacial score (nSPS) is 15.4. The maximum Gasteiger partial charge on any atom is 0.317 e. The van der Waals surface area contributed by atoms with Gasteiger partial charge in [0.05, 0.1) is 0 Å². The SMILES string of the molecule is CN(Cc1ccc2c(c1)OCCO2)C(=O)NCc1ccnc(N2CCCC2)c1. The summed E-state index contributed by atoms with van der Waals surface area (Å²) in [5, 5.41) is 2.98. The second-order valence-corrected chi connectivity index (χ2v) is 7.21. The van der Waals surface area contributed by atoms with Crippen molar-refractivity contribution in [1.82, 2.24) is 15.2 Å². The molecular weight excluding hydrogens is 356 g/mol. The van der Waals surface area contributed by atoms with Crippen LogP contribution in [0.15, 0.2) is 36.5 Å². The van der Waals surface area contributed by atoms with Gasteiger partial charge in [-0.15, -0.1) is 0 Å². The van der Waals surface area contributed by atoms with Gasteiger partial charge in [-0.1, -0.05) is 6.07 Å². The summed E-state index contributed by atoms with van der Waals surface area (Å²) in [6, 6.07) is 9.68. The second-order valence-electron chi connectivity index (χ2n) is 7.21. The molecule has 0 aliphatic carbocycles. The number of rotatable bonds is 5. The van der Waals surface area contributed by atoms with Crippen molar-refractivity contribution in [3.8, 4) is 11.5 Å². The third-order valence-corrected chi connectivity index (χ3v) is 5.06. The lowest BCUT2D eigenvalue weighted by Gasteiger charge is -2.21. The molecule has 7 heteroatoms. The van der Waals surface area contributed by atoms with Gasteiger partial charge in [0.25, 0.3) is 0 Å². The molecule has 2 aliphatic rings. The van der Waals surface area contributed by atoms with Gasteiger partial charge in [0.1, 0.15) is 19.0 Å². The highest BCUT2D eigenvalue weighted by molar-refractivity contribution is 5.74. The average Bonchev–Trinajstić information content (AvgIpc) is 3.27. The molecule has 2 aliphatic heterocycles. The molecule has 0 atom stereocenters. The Balaban J connectivity index is 1.31. The van der Waals surface area contributed by atoms with Crippen molar-refractivity contribution in [3.05, 3.63) is 47.7 Å². The average molecular weight is 382 g/mol. The summed E-state index contributed by atoms with van der Waals surface area (Å²) in [6.45, 7) is 4.22. The summed E-state index contributed by atoms with van der Waals surface area (Å²) in [5.41, 5.74) is 2.06. The van der Waals surface area contributed by atoms with Gasteiger partial charge in [0.2, 0.25) is 0 Å². The molecule has 7 nitrogen and oxygen atoms in total. The van der Waals surface area contributed by atoms with E-state index in [1.807, 2.05) is 30.5 Å². The Labute approximate surface area is 165 Å². The van der Waals surface area contributed by atoms with Crippen LogP contribution in [0.2, 0.25) is 0 Å². The van der Waals surface area contributed by atoms with Crippen LogP contribution in [0.4, 0.5) is 10.6 Å². The number of nitrogens with zero attached hydrogens (tertiary/aromatic N) is 3. The molecular formula is C21H26N4O3. The van der Waals surface area contributed by atoms with Gasteiger partial charge < -0.3 is 24.6 Å². The molecule has 1 aromatic carbocycles. The number of ether oxygens (including phenoxy) is 2. The summed E-state index contributed by atoms with van der Waals surface area (Å²) in [5.74, 6) is 2.49. The molecule has 0 bridgehead atoms. The highest BCUT2D eigenvalue weighted by Gasteiger charge is 2.16. The number of fused-ring (bicyclic) bond motifs is 1. The van der Waals surface area contributed by atoms with Crippen LogP contribution in [0.1, 0.15) is 24.0 Å². The van der Waals surface area contributed by atoms with Crippen molar-refractivity contribution in [2.45, 2.75) is 25.9 Å². The first-order valence-corrected chi connectivity index (χ1v) is 9.76. The quantitative estimate of drug-likeness (QED) is 0.861. The number of carbonyl (C=O) groups excluding carboxylic acids is 1. The zero-order valence-electron chi connectivity index (χ0n) is 16.2. The summed E-state index contributed by atoms with van der Waals surface area (Å²) in [4.78, 5) is 20.9. The summed E-state index contributed by atoms with van der Waals surface area (Å²) >= 11 is 0. The van der Waals surface area contributed by atoms with Crippen LogP contribution in [0.3, 0.4) is 0 Å². The van der Waals surface area contributed by atoms with Crippen molar-refractivity contribution >= 4 is 11.8 Å².